The fourth-order valence-electron chi connectivity index (χ4n) is 3.06. The summed E-state index contributed by atoms with van der Waals surface area (Å²) in [6, 6.07) is 7.74. The zero-order valence-corrected chi connectivity index (χ0v) is 22.2. The summed E-state index contributed by atoms with van der Waals surface area (Å²) in [5.41, 5.74) is 0.131. The molecule has 1 aromatic rings. The second kappa shape index (κ2) is 12.3. The van der Waals surface area contributed by atoms with E-state index in [1.54, 1.807) is 46.4 Å². The first-order valence-electron chi connectivity index (χ1n) is 11.6. The van der Waals surface area contributed by atoms with Gasteiger partial charge < -0.3 is 19.5 Å². The summed E-state index contributed by atoms with van der Waals surface area (Å²) >= 11 is 0. The number of nitrogens with one attached hydrogen (secondary N) is 1. The third-order valence-electron chi connectivity index (χ3n) is 3.96. The van der Waals surface area contributed by atoms with Crippen molar-refractivity contribution in [2.45, 2.75) is 92.2 Å². The molecule has 0 spiro atoms. The van der Waals surface area contributed by atoms with E-state index in [1.165, 1.54) is 0 Å². The smallest absolute Gasteiger partial charge is 0.320 e. The van der Waals surface area contributed by atoms with Crippen molar-refractivity contribution in [3.8, 4) is 0 Å². The summed E-state index contributed by atoms with van der Waals surface area (Å²) in [5, 5.41) is 3.08. The lowest BCUT2D eigenvalue weighted by atomic mass is 10.1. The Bertz CT molecular complexity index is 801. The van der Waals surface area contributed by atoms with Gasteiger partial charge in [0.05, 0.1) is 19.6 Å². The Hall–Kier alpha value is -2.45. The Morgan fingerprint density at radius 3 is 1.65 bits per heavy atom. The van der Waals surface area contributed by atoms with Crippen LogP contribution in [0.3, 0.4) is 0 Å². The highest BCUT2D eigenvalue weighted by Crippen LogP contribution is 2.13. The van der Waals surface area contributed by atoms with E-state index >= 15 is 0 Å². The molecule has 1 aromatic carbocycles. The number of carbonyl (C=O) groups is 3. The van der Waals surface area contributed by atoms with Gasteiger partial charge in [0.15, 0.2) is 0 Å². The van der Waals surface area contributed by atoms with Gasteiger partial charge in [-0.25, -0.2) is 0 Å². The molecule has 0 aromatic heterocycles. The molecule has 8 heteroatoms. The van der Waals surface area contributed by atoms with Crippen LogP contribution in [0.2, 0.25) is 0 Å². The number of carbonyl (C=O) groups excluding carboxylic acids is 3. The molecule has 0 aliphatic heterocycles. The van der Waals surface area contributed by atoms with E-state index in [4.69, 9.17) is 14.2 Å². The number of benzene rings is 1. The minimum Gasteiger partial charge on any atom is -0.459 e. The highest BCUT2D eigenvalue weighted by molar-refractivity contribution is 5.75. The predicted octanol–water partition coefficient (Wildman–Crippen LogP) is 3.60. The molecule has 0 bridgehead atoms. The minimum absolute atomic E-state index is 0.0440. The topological polar surface area (TPSA) is 94.2 Å². The van der Waals surface area contributed by atoms with Gasteiger partial charge in [-0.05, 0) is 73.4 Å². The van der Waals surface area contributed by atoms with Gasteiger partial charge in [0.2, 0.25) is 0 Å². The maximum Gasteiger partial charge on any atom is 0.320 e. The summed E-state index contributed by atoms with van der Waals surface area (Å²) < 4.78 is 16.2. The van der Waals surface area contributed by atoms with Crippen molar-refractivity contribution in [1.82, 2.24) is 10.2 Å². The second-order valence-electron chi connectivity index (χ2n) is 11.3. The molecule has 8 nitrogen and oxygen atoms in total. The Balaban J connectivity index is 2.82. The molecular formula is C26H42N2O6. The summed E-state index contributed by atoms with van der Waals surface area (Å²) in [7, 11) is 0. The number of ether oxygens (including phenoxy) is 3. The second-order valence-corrected chi connectivity index (χ2v) is 11.3. The first-order chi connectivity index (χ1) is 15.4. The van der Waals surface area contributed by atoms with Gasteiger partial charge in [-0.15, -0.1) is 0 Å². The van der Waals surface area contributed by atoms with Gasteiger partial charge in [0.1, 0.15) is 16.8 Å². The quantitative estimate of drug-likeness (QED) is 0.403. The largest absolute Gasteiger partial charge is 0.459 e. The van der Waals surface area contributed by atoms with Crippen molar-refractivity contribution in [1.29, 1.82) is 0 Å². The zero-order chi connectivity index (χ0) is 26.2. The Labute approximate surface area is 204 Å². The van der Waals surface area contributed by atoms with E-state index in [-0.39, 0.29) is 25.6 Å². The molecule has 0 heterocycles. The van der Waals surface area contributed by atoms with E-state index in [2.05, 4.69) is 5.32 Å². The Morgan fingerprint density at radius 1 is 0.735 bits per heavy atom. The predicted molar refractivity (Wildman–Crippen MR) is 131 cm³/mol. The van der Waals surface area contributed by atoms with E-state index in [1.807, 2.05) is 45.0 Å². The van der Waals surface area contributed by atoms with Gasteiger partial charge >= 0.3 is 17.9 Å². The van der Waals surface area contributed by atoms with Crippen LogP contribution in [-0.4, -0.2) is 59.2 Å². The third-order valence-corrected chi connectivity index (χ3v) is 3.96. The third kappa shape index (κ3) is 14.6. The van der Waals surface area contributed by atoms with Crippen LogP contribution in [0.5, 0.6) is 0 Å². The van der Waals surface area contributed by atoms with Gasteiger partial charge in [0.25, 0.3) is 0 Å². The molecule has 34 heavy (non-hydrogen) atoms. The lowest BCUT2D eigenvalue weighted by Gasteiger charge is -2.26. The van der Waals surface area contributed by atoms with E-state index < -0.39 is 28.7 Å². The molecule has 1 N–H and O–H groups in total. The summed E-state index contributed by atoms with van der Waals surface area (Å²) in [4.78, 5) is 38.4. The lowest BCUT2D eigenvalue weighted by Crippen LogP contribution is -2.39. The first-order valence-corrected chi connectivity index (χ1v) is 11.6. The van der Waals surface area contributed by atoms with E-state index in [9.17, 15) is 14.4 Å². The molecule has 0 aliphatic carbocycles. The molecule has 0 radical (unpaired) electrons. The Morgan fingerprint density at radius 2 is 1.18 bits per heavy atom. The molecule has 0 saturated heterocycles. The summed E-state index contributed by atoms with van der Waals surface area (Å²) in [6.07, 6.45) is 0. The highest BCUT2D eigenvalue weighted by atomic mass is 16.6. The number of rotatable bonds is 10. The van der Waals surface area contributed by atoms with Crippen LogP contribution in [0, 0.1) is 0 Å². The highest BCUT2D eigenvalue weighted by Gasteiger charge is 2.23. The summed E-state index contributed by atoms with van der Waals surface area (Å²) in [5.74, 6) is -1.14. The molecule has 192 valence electrons. The van der Waals surface area contributed by atoms with Crippen molar-refractivity contribution in [3.63, 3.8) is 0 Å². The van der Waals surface area contributed by atoms with Crippen LogP contribution in [0.4, 0.5) is 0 Å². The average Bonchev–Trinajstić information content (AvgIpc) is 2.56. The number of esters is 3. The number of hydrogen-bond acceptors (Lipinski definition) is 8. The first kappa shape index (κ1) is 29.6. The standard InChI is InChI=1S/C26H42N2O6/c1-24(2,3)32-21(29)15-27-14-19-11-10-12-20(13-19)16-28(17-22(30)33-25(4,5)6)18-23(31)34-26(7,8)9/h10-13,27H,14-18H2,1-9H3. The minimum atomic E-state index is -0.617. The molecular weight excluding hydrogens is 436 g/mol. The molecule has 0 saturated carbocycles. The number of hydrogen-bond donors (Lipinski definition) is 1. The normalized spacial score (nSPS) is 12.4. The van der Waals surface area contributed by atoms with Crippen molar-refractivity contribution < 1.29 is 28.6 Å². The van der Waals surface area contributed by atoms with Crippen LogP contribution >= 0.6 is 0 Å². The molecule has 0 unspecified atom stereocenters. The zero-order valence-electron chi connectivity index (χ0n) is 22.2. The van der Waals surface area contributed by atoms with Crippen LogP contribution < -0.4 is 5.32 Å². The van der Waals surface area contributed by atoms with Crippen molar-refractivity contribution in [3.05, 3.63) is 35.4 Å². The van der Waals surface area contributed by atoms with Gasteiger partial charge in [-0.3, -0.25) is 19.3 Å². The fraction of sp³-hybridized carbons (Fsp3) is 0.654. The van der Waals surface area contributed by atoms with Crippen molar-refractivity contribution in [2.75, 3.05) is 19.6 Å². The molecule has 0 aliphatic rings. The fourth-order valence-corrected chi connectivity index (χ4v) is 3.06. The molecule has 0 amide bonds. The maximum absolute atomic E-state index is 12.4. The van der Waals surface area contributed by atoms with E-state index in [0.29, 0.717) is 13.1 Å². The lowest BCUT2D eigenvalue weighted by molar-refractivity contribution is -0.160. The Kier molecular flexibility index (Phi) is 10.7. The van der Waals surface area contributed by atoms with Crippen LogP contribution in [0.15, 0.2) is 24.3 Å². The SMILES string of the molecule is CC(C)(C)OC(=O)CNCc1cccc(CN(CC(=O)OC(C)(C)C)CC(=O)OC(C)(C)C)c1. The van der Waals surface area contributed by atoms with Gasteiger partial charge in [-0.2, -0.15) is 0 Å². The molecule has 0 atom stereocenters. The molecule has 1 rings (SSSR count). The van der Waals surface area contributed by atoms with Crippen LogP contribution in [0.1, 0.15) is 73.4 Å². The van der Waals surface area contributed by atoms with Crippen molar-refractivity contribution in [2.24, 2.45) is 0 Å². The molecule has 0 fully saturated rings. The number of nitrogens with zero attached hydrogens (tertiary/aromatic N) is 1. The average molecular weight is 479 g/mol. The maximum atomic E-state index is 12.4. The van der Waals surface area contributed by atoms with Gasteiger partial charge in [0, 0.05) is 13.1 Å². The van der Waals surface area contributed by atoms with Crippen molar-refractivity contribution >= 4 is 17.9 Å². The summed E-state index contributed by atoms with van der Waals surface area (Å²) in [6.45, 7) is 17.1. The van der Waals surface area contributed by atoms with Crippen LogP contribution in [0.25, 0.3) is 0 Å². The monoisotopic (exact) mass is 478 g/mol. The van der Waals surface area contributed by atoms with E-state index in [0.717, 1.165) is 11.1 Å². The van der Waals surface area contributed by atoms with Gasteiger partial charge in [-0.1, -0.05) is 24.3 Å². The van der Waals surface area contributed by atoms with Crippen LogP contribution in [-0.2, 0) is 41.7 Å².